The number of rotatable bonds is 8. The van der Waals surface area contributed by atoms with E-state index in [1.807, 2.05) is 0 Å². The van der Waals surface area contributed by atoms with Crippen molar-refractivity contribution in [2.45, 2.75) is 6.92 Å². The number of ether oxygens (including phenoxy) is 3. The molecule has 0 amide bonds. The van der Waals surface area contributed by atoms with Crippen molar-refractivity contribution in [3.8, 4) is 17.2 Å². The Kier molecular flexibility index (Phi) is 6.42. The van der Waals surface area contributed by atoms with Crippen molar-refractivity contribution in [2.75, 3.05) is 37.7 Å². The molecule has 1 aromatic carbocycles. The van der Waals surface area contributed by atoms with Gasteiger partial charge in [0.15, 0.2) is 11.5 Å². The Balaban J connectivity index is 3.09. The molecule has 0 saturated heterocycles. The largest absolute Gasteiger partial charge is 0.493 e. The standard InChI is InChI=1S/C13H20ClNO5S/c1-9(7-14)8-21(16,17)15-10-5-11(18-2)13(20-4)12(6-10)19-3/h5-6,9,15H,7-8H2,1-4H3. The summed E-state index contributed by atoms with van der Waals surface area (Å²) in [5.41, 5.74) is 0.339. The molecule has 0 aliphatic heterocycles. The number of anilines is 1. The van der Waals surface area contributed by atoms with Crippen LogP contribution in [0.1, 0.15) is 6.92 Å². The van der Waals surface area contributed by atoms with E-state index in [0.717, 1.165) is 0 Å². The molecule has 0 heterocycles. The first-order valence-corrected chi connectivity index (χ1v) is 8.42. The van der Waals surface area contributed by atoms with E-state index in [4.69, 9.17) is 25.8 Å². The number of alkyl halides is 1. The topological polar surface area (TPSA) is 73.9 Å². The average molecular weight is 338 g/mol. The molecule has 0 aliphatic carbocycles. The van der Waals surface area contributed by atoms with Gasteiger partial charge in [-0.15, -0.1) is 11.6 Å². The SMILES string of the molecule is COc1cc(NS(=O)(=O)CC(C)CCl)cc(OC)c1OC. The summed E-state index contributed by atoms with van der Waals surface area (Å²) < 4.78 is 42.1. The smallest absolute Gasteiger partial charge is 0.233 e. The van der Waals surface area contributed by atoms with Gasteiger partial charge >= 0.3 is 0 Å². The summed E-state index contributed by atoms with van der Waals surface area (Å²) in [6.45, 7) is 1.77. The van der Waals surface area contributed by atoms with Gasteiger partial charge in [-0.05, 0) is 5.92 Å². The second-order valence-electron chi connectivity index (χ2n) is 4.56. The molecule has 1 aromatic rings. The second-order valence-corrected chi connectivity index (χ2v) is 6.63. The fraction of sp³-hybridized carbons (Fsp3) is 0.538. The Morgan fingerprint density at radius 3 is 2.05 bits per heavy atom. The first-order valence-electron chi connectivity index (χ1n) is 6.23. The predicted octanol–water partition coefficient (Wildman–Crippen LogP) is 2.33. The Morgan fingerprint density at radius 1 is 1.14 bits per heavy atom. The Hall–Kier alpha value is -1.34. The molecule has 120 valence electrons. The highest BCUT2D eigenvalue weighted by Gasteiger charge is 2.18. The highest BCUT2D eigenvalue weighted by Crippen LogP contribution is 2.40. The van der Waals surface area contributed by atoms with Crippen LogP contribution in [0.15, 0.2) is 12.1 Å². The van der Waals surface area contributed by atoms with Gasteiger partial charge < -0.3 is 14.2 Å². The van der Waals surface area contributed by atoms with Crippen molar-refractivity contribution in [3.05, 3.63) is 12.1 Å². The van der Waals surface area contributed by atoms with Crippen LogP contribution < -0.4 is 18.9 Å². The number of sulfonamides is 1. The highest BCUT2D eigenvalue weighted by atomic mass is 35.5. The normalized spacial score (nSPS) is 12.6. The summed E-state index contributed by atoms with van der Waals surface area (Å²) in [6.07, 6.45) is 0. The average Bonchev–Trinajstić information content (AvgIpc) is 2.44. The van der Waals surface area contributed by atoms with Gasteiger partial charge in [0.25, 0.3) is 0 Å². The second kappa shape index (κ2) is 7.61. The molecule has 1 N–H and O–H groups in total. The quantitative estimate of drug-likeness (QED) is 0.737. The Morgan fingerprint density at radius 2 is 1.67 bits per heavy atom. The van der Waals surface area contributed by atoms with Crippen LogP contribution in [0.5, 0.6) is 17.2 Å². The van der Waals surface area contributed by atoms with Crippen LogP contribution in [0.25, 0.3) is 0 Å². The van der Waals surface area contributed by atoms with Crippen LogP contribution in [0, 0.1) is 5.92 Å². The molecule has 6 nitrogen and oxygen atoms in total. The van der Waals surface area contributed by atoms with Crippen molar-refractivity contribution in [1.29, 1.82) is 0 Å². The minimum absolute atomic E-state index is 0.0623. The lowest BCUT2D eigenvalue weighted by Gasteiger charge is -2.16. The number of nitrogens with one attached hydrogen (secondary N) is 1. The van der Waals surface area contributed by atoms with E-state index in [1.165, 1.54) is 33.5 Å². The fourth-order valence-corrected chi connectivity index (χ4v) is 3.45. The van der Waals surface area contributed by atoms with Gasteiger partial charge in [-0.25, -0.2) is 8.42 Å². The minimum atomic E-state index is -3.50. The number of methoxy groups -OCH3 is 3. The van der Waals surface area contributed by atoms with Gasteiger partial charge in [0.05, 0.1) is 32.8 Å². The molecule has 21 heavy (non-hydrogen) atoms. The van der Waals surface area contributed by atoms with Gasteiger partial charge in [-0.3, -0.25) is 4.72 Å². The maximum absolute atomic E-state index is 12.0. The minimum Gasteiger partial charge on any atom is -0.493 e. The first-order chi connectivity index (χ1) is 9.86. The van der Waals surface area contributed by atoms with Crippen molar-refractivity contribution in [2.24, 2.45) is 5.92 Å². The van der Waals surface area contributed by atoms with E-state index in [1.54, 1.807) is 6.92 Å². The lowest BCUT2D eigenvalue weighted by Crippen LogP contribution is -2.22. The molecule has 0 spiro atoms. The van der Waals surface area contributed by atoms with Crippen molar-refractivity contribution in [1.82, 2.24) is 0 Å². The van der Waals surface area contributed by atoms with Crippen LogP contribution in [-0.4, -0.2) is 41.4 Å². The third-order valence-electron chi connectivity index (χ3n) is 2.71. The molecule has 0 fully saturated rings. The van der Waals surface area contributed by atoms with Gasteiger partial charge in [-0.1, -0.05) is 6.92 Å². The zero-order chi connectivity index (χ0) is 16.0. The lowest BCUT2D eigenvalue weighted by atomic mass is 10.2. The molecule has 1 unspecified atom stereocenters. The molecule has 1 atom stereocenters. The lowest BCUT2D eigenvalue weighted by molar-refractivity contribution is 0.324. The Bertz CT molecular complexity index is 551. The van der Waals surface area contributed by atoms with Crippen LogP contribution in [0.4, 0.5) is 5.69 Å². The van der Waals surface area contributed by atoms with Gasteiger partial charge in [0.1, 0.15) is 0 Å². The maximum atomic E-state index is 12.0. The summed E-state index contributed by atoms with van der Waals surface area (Å²) in [5, 5.41) is 0. The van der Waals surface area contributed by atoms with Crippen LogP contribution >= 0.6 is 11.6 Å². The summed E-state index contributed by atoms with van der Waals surface area (Å²) in [5.74, 6) is 1.21. The summed E-state index contributed by atoms with van der Waals surface area (Å²) >= 11 is 5.65. The van der Waals surface area contributed by atoms with E-state index in [-0.39, 0.29) is 17.6 Å². The predicted molar refractivity (Wildman–Crippen MR) is 83.4 cm³/mol. The van der Waals surface area contributed by atoms with Crippen LogP contribution in [0.2, 0.25) is 0 Å². The highest BCUT2D eigenvalue weighted by molar-refractivity contribution is 7.92. The molecule has 1 rings (SSSR count). The molecule has 0 aromatic heterocycles. The van der Waals surface area contributed by atoms with Gasteiger partial charge in [0.2, 0.25) is 15.8 Å². The molecule has 8 heteroatoms. The van der Waals surface area contributed by atoms with Crippen molar-refractivity contribution < 1.29 is 22.6 Å². The van der Waals surface area contributed by atoms with Crippen LogP contribution in [0.3, 0.4) is 0 Å². The molecule has 0 bridgehead atoms. The first kappa shape index (κ1) is 17.7. The molecule has 0 aliphatic rings. The van der Waals surface area contributed by atoms with Crippen molar-refractivity contribution >= 4 is 27.3 Å². The summed E-state index contributed by atoms with van der Waals surface area (Å²) in [4.78, 5) is 0. The number of hydrogen-bond acceptors (Lipinski definition) is 5. The van der Waals surface area contributed by atoms with E-state index >= 15 is 0 Å². The van der Waals surface area contributed by atoms with E-state index in [2.05, 4.69) is 4.72 Å². The molecule has 0 saturated carbocycles. The summed E-state index contributed by atoms with van der Waals surface area (Å²) in [7, 11) is 0.904. The third kappa shape index (κ3) is 4.86. The summed E-state index contributed by atoms with van der Waals surface area (Å²) in [6, 6.07) is 3.06. The number of benzene rings is 1. The third-order valence-corrected chi connectivity index (χ3v) is 4.79. The van der Waals surface area contributed by atoms with E-state index in [9.17, 15) is 8.42 Å². The Labute approximate surface area is 130 Å². The van der Waals surface area contributed by atoms with Crippen molar-refractivity contribution in [3.63, 3.8) is 0 Å². The van der Waals surface area contributed by atoms with Gasteiger partial charge in [-0.2, -0.15) is 0 Å². The van der Waals surface area contributed by atoms with Gasteiger partial charge in [0, 0.05) is 18.0 Å². The van der Waals surface area contributed by atoms with E-state index in [0.29, 0.717) is 22.9 Å². The number of hydrogen-bond donors (Lipinski definition) is 1. The monoisotopic (exact) mass is 337 g/mol. The fourth-order valence-electron chi connectivity index (χ4n) is 1.78. The molecular formula is C13H20ClNO5S. The molecular weight excluding hydrogens is 318 g/mol. The zero-order valence-electron chi connectivity index (χ0n) is 12.5. The maximum Gasteiger partial charge on any atom is 0.233 e. The molecule has 0 radical (unpaired) electrons. The van der Waals surface area contributed by atoms with E-state index < -0.39 is 10.0 Å². The number of halogens is 1. The van der Waals surface area contributed by atoms with Crippen LogP contribution in [-0.2, 0) is 10.0 Å². The zero-order valence-corrected chi connectivity index (χ0v) is 14.0.